The van der Waals surface area contributed by atoms with Crippen molar-refractivity contribution in [2.75, 3.05) is 6.54 Å². The molecule has 3 heteroatoms. The van der Waals surface area contributed by atoms with Crippen LogP contribution in [0.15, 0.2) is 24.3 Å². The van der Waals surface area contributed by atoms with Gasteiger partial charge >= 0.3 is 0 Å². The Kier molecular flexibility index (Phi) is 3.79. The van der Waals surface area contributed by atoms with Gasteiger partial charge in [0.05, 0.1) is 0 Å². The van der Waals surface area contributed by atoms with Crippen molar-refractivity contribution in [1.29, 1.82) is 0 Å². The number of amides is 1. The number of nitrogens with one attached hydrogen (secondary N) is 1. The Balaban J connectivity index is 1.60. The minimum Gasteiger partial charge on any atom is -0.354 e. The minimum atomic E-state index is 0.0945. The molecule has 1 amide bonds. The molecule has 3 N–H and O–H groups in total. The molecule has 0 bridgehead atoms. The van der Waals surface area contributed by atoms with Crippen LogP contribution in [0.25, 0.3) is 0 Å². The molecule has 108 valence electrons. The molecule has 0 spiro atoms. The van der Waals surface area contributed by atoms with Gasteiger partial charge in [0.15, 0.2) is 0 Å². The third-order valence-corrected chi connectivity index (χ3v) is 4.83. The van der Waals surface area contributed by atoms with Crippen molar-refractivity contribution in [1.82, 2.24) is 5.32 Å². The van der Waals surface area contributed by atoms with E-state index in [1.807, 2.05) is 0 Å². The molecule has 20 heavy (non-hydrogen) atoms. The maximum absolute atomic E-state index is 12.3. The molecular formula is C17H24N2O. The summed E-state index contributed by atoms with van der Waals surface area (Å²) in [6, 6.07) is 8.68. The molecule has 3 rings (SSSR count). The van der Waals surface area contributed by atoms with Crippen molar-refractivity contribution in [2.24, 2.45) is 17.6 Å². The highest BCUT2D eigenvalue weighted by atomic mass is 16.2. The van der Waals surface area contributed by atoms with E-state index in [2.05, 4.69) is 36.5 Å². The van der Waals surface area contributed by atoms with E-state index in [1.54, 1.807) is 0 Å². The summed E-state index contributed by atoms with van der Waals surface area (Å²) >= 11 is 0. The summed E-state index contributed by atoms with van der Waals surface area (Å²) in [6.45, 7) is 2.73. The van der Waals surface area contributed by atoms with Gasteiger partial charge in [-0.3, -0.25) is 4.79 Å². The van der Waals surface area contributed by atoms with Gasteiger partial charge in [0.1, 0.15) is 0 Å². The molecule has 0 radical (unpaired) electrons. The molecule has 2 aliphatic rings. The second kappa shape index (κ2) is 5.57. The number of rotatable bonds is 5. The molecule has 0 saturated heterocycles. The Bertz CT molecular complexity index is 500. The van der Waals surface area contributed by atoms with E-state index >= 15 is 0 Å². The predicted octanol–water partition coefficient (Wildman–Crippen LogP) is 2.21. The molecule has 4 unspecified atom stereocenters. The first-order valence-corrected chi connectivity index (χ1v) is 7.83. The molecular weight excluding hydrogens is 248 g/mol. The van der Waals surface area contributed by atoms with Gasteiger partial charge in [-0.15, -0.1) is 0 Å². The van der Waals surface area contributed by atoms with E-state index in [9.17, 15) is 4.79 Å². The minimum absolute atomic E-state index is 0.0945. The number of hydrogen-bond donors (Lipinski definition) is 2. The van der Waals surface area contributed by atoms with Crippen LogP contribution in [0.5, 0.6) is 0 Å². The second-order valence-electron chi connectivity index (χ2n) is 6.25. The summed E-state index contributed by atoms with van der Waals surface area (Å²) in [4.78, 5) is 12.3. The molecule has 1 aromatic carbocycles. The van der Waals surface area contributed by atoms with Crippen LogP contribution in [-0.4, -0.2) is 18.5 Å². The number of fused-ring (bicyclic) bond motifs is 3. The average molecular weight is 272 g/mol. The Hall–Kier alpha value is -1.35. The maximum atomic E-state index is 12.3. The van der Waals surface area contributed by atoms with E-state index in [-0.39, 0.29) is 17.9 Å². The first-order chi connectivity index (χ1) is 9.72. The number of nitrogens with two attached hydrogens (primary N) is 1. The Morgan fingerprint density at radius 2 is 2.25 bits per heavy atom. The Morgan fingerprint density at radius 3 is 3.05 bits per heavy atom. The topological polar surface area (TPSA) is 55.1 Å². The van der Waals surface area contributed by atoms with Crippen LogP contribution in [0.4, 0.5) is 0 Å². The van der Waals surface area contributed by atoms with Crippen molar-refractivity contribution in [3.63, 3.8) is 0 Å². The van der Waals surface area contributed by atoms with Crippen LogP contribution >= 0.6 is 0 Å². The van der Waals surface area contributed by atoms with Gasteiger partial charge in [0.2, 0.25) is 5.91 Å². The molecule has 0 heterocycles. The van der Waals surface area contributed by atoms with E-state index < -0.39 is 0 Å². The van der Waals surface area contributed by atoms with Crippen LogP contribution in [0.3, 0.4) is 0 Å². The van der Waals surface area contributed by atoms with Gasteiger partial charge in [-0.25, -0.2) is 0 Å². The quantitative estimate of drug-likeness (QED) is 0.863. The molecule has 1 fully saturated rings. The molecule has 1 aromatic rings. The highest BCUT2D eigenvalue weighted by Crippen LogP contribution is 2.59. The molecule has 3 nitrogen and oxygen atoms in total. The van der Waals surface area contributed by atoms with Crippen LogP contribution < -0.4 is 11.1 Å². The molecule has 2 aliphatic carbocycles. The highest BCUT2D eigenvalue weighted by molar-refractivity contribution is 5.84. The first-order valence-electron chi connectivity index (χ1n) is 7.83. The van der Waals surface area contributed by atoms with Gasteiger partial charge in [0.25, 0.3) is 0 Å². The summed E-state index contributed by atoms with van der Waals surface area (Å²) < 4.78 is 0. The normalized spacial score (nSPS) is 28.2. The van der Waals surface area contributed by atoms with Crippen LogP contribution in [-0.2, 0) is 11.2 Å². The SMILES string of the molecule is CCCC(N)CNC(=O)C1C2CCc3ccccc3C21. The van der Waals surface area contributed by atoms with Crippen LogP contribution in [0, 0.1) is 11.8 Å². The van der Waals surface area contributed by atoms with Crippen molar-refractivity contribution in [2.45, 2.75) is 44.6 Å². The largest absolute Gasteiger partial charge is 0.354 e. The van der Waals surface area contributed by atoms with E-state index in [0.29, 0.717) is 18.4 Å². The summed E-state index contributed by atoms with van der Waals surface area (Å²) in [6.07, 6.45) is 4.32. The van der Waals surface area contributed by atoms with Crippen molar-refractivity contribution in [3.8, 4) is 0 Å². The van der Waals surface area contributed by atoms with Gasteiger partial charge in [-0.1, -0.05) is 37.6 Å². The lowest BCUT2D eigenvalue weighted by molar-refractivity contribution is -0.122. The van der Waals surface area contributed by atoms with E-state index in [0.717, 1.165) is 25.7 Å². The zero-order valence-electron chi connectivity index (χ0n) is 12.1. The lowest BCUT2D eigenvalue weighted by Gasteiger charge is -2.13. The van der Waals surface area contributed by atoms with Crippen LogP contribution in [0.2, 0.25) is 0 Å². The first kappa shape index (κ1) is 13.6. The lowest BCUT2D eigenvalue weighted by Crippen LogP contribution is -2.38. The maximum Gasteiger partial charge on any atom is 0.224 e. The van der Waals surface area contributed by atoms with Crippen molar-refractivity contribution in [3.05, 3.63) is 35.4 Å². The zero-order valence-corrected chi connectivity index (χ0v) is 12.1. The third kappa shape index (κ3) is 2.47. The van der Waals surface area contributed by atoms with Gasteiger partial charge in [0, 0.05) is 18.5 Å². The third-order valence-electron chi connectivity index (χ3n) is 4.83. The Labute approximate surface area is 120 Å². The van der Waals surface area contributed by atoms with Gasteiger partial charge in [-0.05, 0) is 42.2 Å². The molecule has 1 saturated carbocycles. The number of hydrogen-bond acceptors (Lipinski definition) is 2. The second-order valence-corrected chi connectivity index (χ2v) is 6.25. The predicted molar refractivity (Wildman–Crippen MR) is 80.4 cm³/mol. The van der Waals surface area contributed by atoms with Crippen molar-refractivity contribution < 1.29 is 4.79 Å². The van der Waals surface area contributed by atoms with Gasteiger partial charge in [-0.2, -0.15) is 0 Å². The fourth-order valence-electron chi connectivity index (χ4n) is 3.75. The summed E-state index contributed by atoms with van der Waals surface area (Å²) in [5.41, 5.74) is 8.80. The summed E-state index contributed by atoms with van der Waals surface area (Å²) in [5, 5.41) is 3.05. The molecule has 0 aromatic heterocycles. The van der Waals surface area contributed by atoms with Gasteiger partial charge < -0.3 is 11.1 Å². The molecule has 0 aliphatic heterocycles. The number of aryl methyl sites for hydroxylation is 1. The lowest BCUT2D eigenvalue weighted by atomic mass is 9.92. The standard InChI is InChI=1S/C17H24N2O/c1-2-5-12(18)10-19-17(20)16-14-9-8-11-6-3-4-7-13(11)15(14)16/h3-4,6-7,12,14-16H,2,5,8-10,18H2,1H3,(H,19,20). The van der Waals surface area contributed by atoms with E-state index in [1.165, 1.54) is 11.1 Å². The molecule has 4 atom stereocenters. The highest BCUT2D eigenvalue weighted by Gasteiger charge is 2.56. The summed E-state index contributed by atoms with van der Waals surface area (Å²) in [7, 11) is 0. The monoisotopic (exact) mass is 272 g/mol. The number of benzene rings is 1. The zero-order chi connectivity index (χ0) is 14.1. The smallest absolute Gasteiger partial charge is 0.224 e. The number of carbonyl (C=O) groups is 1. The summed E-state index contributed by atoms with van der Waals surface area (Å²) in [5.74, 6) is 1.42. The average Bonchev–Trinajstić information content (AvgIpc) is 3.20. The fraction of sp³-hybridized carbons (Fsp3) is 0.588. The Morgan fingerprint density at radius 1 is 1.45 bits per heavy atom. The van der Waals surface area contributed by atoms with Crippen LogP contribution in [0.1, 0.15) is 43.2 Å². The fourth-order valence-corrected chi connectivity index (χ4v) is 3.75. The van der Waals surface area contributed by atoms with E-state index in [4.69, 9.17) is 5.73 Å². The number of carbonyl (C=O) groups excluding carboxylic acids is 1. The van der Waals surface area contributed by atoms with Crippen molar-refractivity contribution >= 4 is 5.91 Å².